The molecule has 1 aliphatic heterocycles. The summed E-state index contributed by atoms with van der Waals surface area (Å²) in [7, 11) is 0. The molecule has 7 nitrogen and oxygen atoms in total. The van der Waals surface area contributed by atoms with E-state index in [4.69, 9.17) is 0 Å². The molecule has 5 rings (SSSR count). The average Bonchev–Trinajstić information content (AvgIpc) is 3.36. The molecule has 190 valence electrons. The number of likely N-dealkylation sites (tertiary alicyclic amines) is 1. The Labute approximate surface area is 213 Å². The summed E-state index contributed by atoms with van der Waals surface area (Å²) < 4.78 is 0. The molecule has 1 heterocycles. The van der Waals surface area contributed by atoms with Crippen LogP contribution in [0.25, 0.3) is 0 Å². The lowest BCUT2D eigenvalue weighted by molar-refractivity contribution is -0.128. The van der Waals surface area contributed by atoms with E-state index in [0.717, 1.165) is 38.5 Å². The van der Waals surface area contributed by atoms with Gasteiger partial charge in [0.15, 0.2) is 0 Å². The Balaban J connectivity index is 1.05. The Morgan fingerprint density at radius 2 is 1.36 bits per heavy atom. The first-order valence-corrected chi connectivity index (χ1v) is 13.3. The van der Waals surface area contributed by atoms with Gasteiger partial charge in [-0.15, -0.1) is 0 Å². The molecule has 36 heavy (non-hydrogen) atoms. The van der Waals surface area contributed by atoms with Crippen LogP contribution in [0.5, 0.6) is 0 Å². The molecular weight excluding hydrogens is 452 g/mol. The second kappa shape index (κ2) is 11.2. The van der Waals surface area contributed by atoms with Crippen LogP contribution >= 0.6 is 0 Å². The topological polar surface area (TPSA) is 90.5 Å². The van der Waals surface area contributed by atoms with Crippen LogP contribution in [0.15, 0.2) is 48.5 Å². The van der Waals surface area contributed by atoms with Gasteiger partial charge in [0.1, 0.15) is 0 Å². The fraction of sp³-hybridized carbons (Fsp3) is 0.483. The van der Waals surface area contributed by atoms with Crippen molar-refractivity contribution < 1.29 is 14.4 Å². The van der Waals surface area contributed by atoms with Crippen molar-refractivity contribution in [3.8, 4) is 0 Å². The number of aryl methyl sites for hydroxylation is 2. The Morgan fingerprint density at radius 1 is 0.778 bits per heavy atom. The van der Waals surface area contributed by atoms with Gasteiger partial charge in [-0.3, -0.25) is 19.3 Å². The van der Waals surface area contributed by atoms with Crippen LogP contribution in [0.3, 0.4) is 0 Å². The summed E-state index contributed by atoms with van der Waals surface area (Å²) in [6, 6.07) is 16.7. The molecule has 0 bridgehead atoms. The molecular formula is C29H36N4O3. The number of benzene rings is 2. The number of rotatable bonds is 7. The SMILES string of the molecule is O=C(CNC(=O)[C@@H]1CCN(CC(=O)N[C@@H]2CCCc3ccccc32)C1)N[C@@H]1CCCc2ccccc21. The van der Waals surface area contributed by atoms with Gasteiger partial charge >= 0.3 is 0 Å². The first-order valence-electron chi connectivity index (χ1n) is 13.3. The van der Waals surface area contributed by atoms with Gasteiger partial charge in [0, 0.05) is 6.54 Å². The number of hydrogen-bond acceptors (Lipinski definition) is 4. The number of carbonyl (C=O) groups is 3. The lowest BCUT2D eigenvalue weighted by Crippen LogP contribution is -2.42. The van der Waals surface area contributed by atoms with Crippen molar-refractivity contribution in [2.24, 2.45) is 5.92 Å². The van der Waals surface area contributed by atoms with E-state index in [1.165, 1.54) is 22.3 Å². The predicted octanol–water partition coefficient (Wildman–Crippen LogP) is 2.81. The fourth-order valence-electron chi connectivity index (χ4n) is 6.00. The summed E-state index contributed by atoms with van der Waals surface area (Å²) >= 11 is 0. The van der Waals surface area contributed by atoms with Crippen LogP contribution in [0.4, 0.5) is 0 Å². The largest absolute Gasteiger partial charge is 0.348 e. The summed E-state index contributed by atoms with van der Waals surface area (Å²) in [5.41, 5.74) is 5.03. The maximum absolute atomic E-state index is 12.7. The quantitative estimate of drug-likeness (QED) is 0.559. The summed E-state index contributed by atoms with van der Waals surface area (Å²) in [4.78, 5) is 40.0. The summed E-state index contributed by atoms with van der Waals surface area (Å²) in [6.45, 7) is 1.52. The van der Waals surface area contributed by atoms with Crippen molar-refractivity contribution >= 4 is 17.7 Å². The van der Waals surface area contributed by atoms with Gasteiger partial charge in [0.25, 0.3) is 0 Å². The summed E-state index contributed by atoms with van der Waals surface area (Å²) in [6.07, 6.45) is 6.82. The molecule has 3 amide bonds. The molecule has 3 N–H and O–H groups in total. The second-order valence-corrected chi connectivity index (χ2v) is 10.4. The number of carbonyl (C=O) groups excluding carboxylic acids is 3. The van der Waals surface area contributed by atoms with Crippen LogP contribution in [0.2, 0.25) is 0 Å². The van der Waals surface area contributed by atoms with Crippen molar-refractivity contribution in [2.75, 3.05) is 26.2 Å². The molecule has 2 aliphatic carbocycles. The van der Waals surface area contributed by atoms with Crippen LogP contribution < -0.4 is 16.0 Å². The zero-order chi connectivity index (χ0) is 24.9. The molecule has 7 heteroatoms. The highest BCUT2D eigenvalue weighted by molar-refractivity contribution is 5.86. The maximum atomic E-state index is 12.7. The van der Waals surface area contributed by atoms with Gasteiger partial charge < -0.3 is 16.0 Å². The lowest BCUT2D eigenvalue weighted by Gasteiger charge is -2.27. The second-order valence-electron chi connectivity index (χ2n) is 10.4. The van der Waals surface area contributed by atoms with E-state index in [1.807, 2.05) is 23.1 Å². The van der Waals surface area contributed by atoms with Crippen LogP contribution in [0, 0.1) is 5.92 Å². The third kappa shape index (κ3) is 5.78. The van der Waals surface area contributed by atoms with Crippen molar-refractivity contribution in [1.29, 1.82) is 0 Å². The Bertz CT molecular complexity index is 1120. The molecule has 1 fully saturated rings. The molecule has 0 aromatic heterocycles. The first kappa shape index (κ1) is 24.5. The van der Waals surface area contributed by atoms with Gasteiger partial charge in [-0.2, -0.15) is 0 Å². The zero-order valence-corrected chi connectivity index (χ0v) is 20.8. The highest BCUT2D eigenvalue weighted by Gasteiger charge is 2.30. The van der Waals surface area contributed by atoms with E-state index in [2.05, 4.69) is 46.3 Å². The number of nitrogens with zero attached hydrogens (tertiary/aromatic N) is 1. The fourth-order valence-corrected chi connectivity index (χ4v) is 6.00. The summed E-state index contributed by atoms with van der Waals surface area (Å²) in [5.74, 6) is -0.466. The van der Waals surface area contributed by atoms with Crippen molar-refractivity contribution in [1.82, 2.24) is 20.9 Å². The Morgan fingerprint density at radius 3 is 2.00 bits per heavy atom. The third-order valence-corrected chi connectivity index (χ3v) is 7.84. The minimum absolute atomic E-state index is 0.00454. The Hall–Kier alpha value is -3.19. The van der Waals surface area contributed by atoms with E-state index in [-0.39, 0.29) is 42.3 Å². The molecule has 0 spiro atoms. The van der Waals surface area contributed by atoms with E-state index >= 15 is 0 Å². The number of nitrogens with one attached hydrogen (secondary N) is 3. The van der Waals surface area contributed by atoms with Crippen LogP contribution in [-0.2, 0) is 27.2 Å². The molecule has 1 saturated heterocycles. The molecule has 3 atom stereocenters. The molecule has 0 saturated carbocycles. The maximum Gasteiger partial charge on any atom is 0.239 e. The number of fused-ring (bicyclic) bond motifs is 2. The molecule has 2 aromatic rings. The highest BCUT2D eigenvalue weighted by Crippen LogP contribution is 2.30. The molecule has 0 unspecified atom stereocenters. The normalized spacial score (nSPS) is 23.3. The molecule has 2 aromatic carbocycles. The lowest BCUT2D eigenvalue weighted by atomic mass is 9.88. The molecule has 3 aliphatic rings. The minimum atomic E-state index is -0.198. The molecule has 0 radical (unpaired) electrons. The van der Waals surface area contributed by atoms with E-state index in [1.54, 1.807) is 0 Å². The first-order chi connectivity index (χ1) is 17.6. The van der Waals surface area contributed by atoms with Gasteiger partial charge in [0.2, 0.25) is 17.7 Å². The average molecular weight is 489 g/mol. The smallest absolute Gasteiger partial charge is 0.239 e. The van der Waals surface area contributed by atoms with Crippen LogP contribution in [0.1, 0.15) is 66.4 Å². The number of hydrogen-bond donors (Lipinski definition) is 3. The van der Waals surface area contributed by atoms with Gasteiger partial charge in [-0.05, 0) is 73.7 Å². The predicted molar refractivity (Wildman–Crippen MR) is 138 cm³/mol. The van der Waals surface area contributed by atoms with E-state index in [9.17, 15) is 14.4 Å². The van der Waals surface area contributed by atoms with Gasteiger partial charge in [-0.25, -0.2) is 0 Å². The van der Waals surface area contributed by atoms with Gasteiger partial charge in [-0.1, -0.05) is 48.5 Å². The number of amides is 3. The van der Waals surface area contributed by atoms with Gasteiger partial charge in [0.05, 0.1) is 31.1 Å². The Kier molecular flexibility index (Phi) is 7.66. The highest BCUT2D eigenvalue weighted by atomic mass is 16.2. The van der Waals surface area contributed by atoms with E-state index < -0.39 is 0 Å². The standard InChI is InChI=1S/C29H36N4O3/c34-27(31-25-13-5-9-20-7-1-3-11-23(20)25)17-30-29(36)22-15-16-33(18-22)19-28(35)32-26-14-6-10-21-8-2-4-12-24(21)26/h1-4,7-8,11-12,22,25-26H,5-6,9-10,13-19H2,(H,30,36)(H,31,34)(H,32,35)/t22-,25-,26-/m1/s1. The monoisotopic (exact) mass is 488 g/mol. The van der Waals surface area contributed by atoms with Crippen molar-refractivity contribution in [3.63, 3.8) is 0 Å². The third-order valence-electron chi connectivity index (χ3n) is 7.84. The van der Waals surface area contributed by atoms with Crippen molar-refractivity contribution in [2.45, 2.75) is 57.0 Å². The van der Waals surface area contributed by atoms with Crippen molar-refractivity contribution in [3.05, 3.63) is 70.8 Å². The minimum Gasteiger partial charge on any atom is -0.348 e. The van der Waals surface area contributed by atoms with E-state index in [0.29, 0.717) is 26.1 Å². The summed E-state index contributed by atoms with van der Waals surface area (Å²) in [5, 5.41) is 9.09. The van der Waals surface area contributed by atoms with Crippen LogP contribution in [-0.4, -0.2) is 48.8 Å². The zero-order valence-electron chi connectivity index (χ0n) is 20.8.